The van der Waals surface area contributed by atoms with Crippen LogP contribution in [0.3, 0.4) is 0 Å². The van der Waals surface area contributed by atoms with Crippen molar-refractivity contribution in [2.24, 2.45) is 5.41 Å². The number of aliphatic carboxylic acids is 1. The first kappa shape index (κ1) is 15.2. The number of urea groups is 1. The third-order valence-corrected chi connectivity index (χ3v) is 3.86. The number of aromatic nitrogens is 4. The normalized spacial score (nSPS) is 17.1. The summed E-state index contributed by atoms with van der Waals surface area (Å²) in [5, 5.41) is 27.6. The van der Waals surface area contributed by atoms with Crippen LogP contribution >= 0.6 is 0 Å². The maximum absolute atomic E-state index is 11.8. The molecule has 9 heteroatoms. The molecule has 1 heterocycles. The van der Waals surface area contributed by atoms with Crippen molar-refractivity contribution in [1.82, 2.24) is 31.3 Å². The van der Waals surface area contributed by atoms with Gasteiger partial charge in [0.2, 0.25) is 0 Å². The number of nitrogens with zero attached hydrogens (tertiary/aromatic N) is 3. The second-order valence-corrected chi connectivity index (χ2v) is 5.50. The Morgan fingerprint density at radius 2 is 2.00 bits per heavy atom. The summed E-state index contributed by atoms with van der Waals surface area (Å²) in [7, 11) is 0. The molecule has 0 atom stereocenters. The Bertz CT molecular complexity index is 469. The number of H-pyrrole nitrogens is 1. The lowest BCUT2D eigenvalue weighted by atomic mass is 9.72. The van der Waals surface area contributed by atoms with Crippen LogP contribution in [0.5, 0.6) is 0 Å². The first-order valence-electron chi connectivity index (χ1n) is 7.05. The van der Waals surface area contributed by atoms with Crippen molar-refractivity contribution >= 4 is 12.0 Å². The van der Waals surface area contributed by atoms with Crippen LogP contribution in [0, 0.1) is 5.41 Å². The fraction of sp³-hybridized carbons (Fsp3) is 0.750. The first-order valence-corrected chi connectivity index (χ1v) is 7.05. The molecule has 0 bridgehead atoms. The van der Waals surface area contributed by atoms with Crippen molar-refractivity contribution in [2.75, 3.05) is 6.54 Å². The van der Waals surface area contributed by atoms with E-state index in [1.165, 1.54) is 0 Å². The number of amides is 2. The zero-order valence-electron chi connectivity index (χ0n) is 11.8. The van der Waals surface area contributed by atoms with E-state index in [4.69, 9.17) is 5.11 Å². The van der Waals surface area contributed by atoms with E-state index in [2.05, 4.69) is 31.3 Å². The first-order chi connectivity index (χ1) is 10.1. The van der Waals surface area contributed by atoms with Crippen molar-refractivity contribution in [3.8, 4) is 0 Å². The number of carboxylic acid groups (broad SMARTS) is 1. The Morgan fingerprint density at radius 1 is 1.24 bits per heavy atom. The van der Waals surface area contributed by atoms with Crippen LogP contribution in [-0.2, 0) is 11.3 Å². The van der Waals surface area contributed by atoms with Crippen molar-refractivity contribution in [3.63, 3.8) is 0 Å². The highest BCUT2D eigenvalue weighted by Crippen LogP contribution is 2.38. The molecule has 0 saturated heterocycles. The third-order valence-electron chi connectivity index (χ3n) is 3.86. The largest absolute Gasteiger partial charge is 0.481 e. The Balaban J connectivity index is 1.80. The van der Waals surface area contributed by atoms with Crippen LogP contribution in [0.2, 0.25) is 0 Å². The van der Waals surface area contributed by atoms with Gasteiger partial charge in [0.25, 0.3) is 0 Å². The highest BCUT2D eigenvalue weighted by Gasteiger charge is 2.34. The average Bonchev–Trinajstić information content (AvgIpc) is 2.96. The molecule has 0 aromatic carbocycles. The molecule has 4 N–H and O–H groups in total. The molecule has 0 spiro atoms. The fourth-order valence-corrected chi connectivity index (χ4v) is 2.79. The highest BCUT2D eigenvalue weighted by molar-refractivity contribution is 5.74. The van der Waals surface area contributed by atoms with E-state index in [-0.39, 0.29) is 24.4 Å². The van der Waals surface area contributed by atoms with E-state index >= 15 is 0 Å². The molecule has 1 aromatic heterocycles. The third kappa shape index (κ3) is 4.69. The lowest BCUT2D eigenvalue weighted by Crippen LogP contribution is -2.44. The molecule has 2 amide bonds. The fourth-order valence-electron chi connectivity index (χ4n) is 2.79. The van der Waals surface area contributed by atoms with Gasteiger partial charge in [-0.1, -0.05) is 24.5 Å². The van der Waals surface area contributed by atoms with Gasteiger partial charge in [-0.2, -0.15) is 5.21 Å². The molecule has 1 aliphatic carbocycles. The molecule has 1 aromatic rings. The molecule has 0 radical (unpaired) electrons. The second-order valence-electron chi connectivity index (χ2n) is 5.50. The summed E-state index contributed by atoms with van der Waals surface area (Å²) in [6.45, 7) is 0.547. The van der Waals surface area contributed by atoms with Gasteiger partial charge in [-0.05, 0) is 18.3 Å². The summed E-state index contributed by atoms with van der Waals surface area (Å²) >= 11 is 0. The van der Waals surface area contributed by atoms with Gasteiger partial charge in [0.15, 0.2) is 5.82 Å². The topological polar surface area (TPSA) is 133 Å². The number of nitrogens with one attached hydrogen (secondary N) is 3. The number of carbonyl (C=O) groups is 2. The Morgan fingerprint density at radius 3 is 2.62 bits per heavy atom. The highest BCUT2D eigenvalue weighted by atomic mass is 16.4. The number of hydrogen-bond acceptors (Lipinski definition) is 5. The van der Waals surface area contributed by atoms with Gasteiger partial charge in [0, 0.05) is 6.54 Å². The Labute approximate surface area is 121 Å². The minimum Gasteiger partial charge on any atom is -0.481 e. The van der Waals surface area contributed by atoms with E-state index in [0.717, 1.165) is 32.1 Å². The maximum Gasteiger partial charge on any atom is 0.315 e. The minimum absolute atomic E-state index is 0.0954. The van der Waals surface area contributed by atoms with E-state index in [9.17, 15) is 9.59 Å². The number of tetrazole rings is 1. The van der Waals surface area contributed by atoms with Gasteiger partial charge in [-0.15, -0.1) is 10.2 Å². The number of carbonyl (C=O) groups excluding carboxylic acids is 1. The van der Waals surface area contributed by atoms with Crippen molar-refractivity contribution < 1.29 is 14.7 Å². The van der Waals surface area contributed by atoms with Gasteiger partial charge >= 0.3 is 12.0 Å². The predicted octanol–water partition coefficient (Wildman–Crippen LogP) is 0.424. The summed E-state index contributed by atoms with van der Waals surface area (Å²) < 4.78 is 0. The summed E-state index contributed by atoms with van der Waals surface area (Å²) in [4.78, 5) is 22.8. The molecule has 1 fully saturated rings. The van der Waals surface area contributed by atoms with Crippen molar-refractivity contribution in [3.05, 3.63) is 5.82 Å². The summed E-state index contributed by atoms with van der Waals surface area (Å²) in [6.07, 6.45) is 4.93. The van der Waals surface area contributed by atoms with E-state index in [0.29, 0.717) is 12.4 Å². The van der Waals surface area contributed by atoms with E-state index in [1.807, 2.05) is 0 Å². The molecule has 1 aliphatic rings. The lowest BCUT2D eigenvalue weighted by molar-refractivity contribution is -0.140. The monoisotopic (exact) mass is 296 g/mol. The second kappa shape index (κ2) is 7.00. The van der Waals surface area contributed by atoms with Crippen LogP contribution in [0.4, 0.5) is 4.79 Å². The number of carboxylic acids is 1. The quantitative estimate of drug-likeness (QED) is 0.601. The standard InChI is InChI=1S/C12H20N6O3/c19-10(20)6-12(4-2-1-3-5-12)8-14-11(21)13-7-9-15-17-18-16-9/h1-8H2,(H,19,20)(H2,13,14,21)(H,15,16,17,18). The molecule has 21 heavy (non-hydrogen) atoms. The average molecular weight is 296 g/mol. The van der Waals surface area contributed by atoms with Crippen LogP contribution in [-0.4, -0.2) is 44.3 Å². The van der Waals surface area contributed by atoms with Crippen LogP contribution in [0.1, 0.15) is 44.3 Å². The molecular weight excluding hydrogens is 276 g/mol. The van der Waals surface area contributed by atoms with Gasteiger partial charge in [-0.25, -0.2) is 4.79 Å². The van der Waals surface area contributed by atoms with Crippen LogP contribution in [0.25, 0.3) is 0 Å². The summed E-state index contributed by atoms with van der Waals surface area (Å²) in [5.41, 5.74) is -0.326. The van der Waals surface area contributed by atoms with E-state index < -0.39 is 5.97 Å². The molecule has 1 saturated carbocycles. The Kier molecular flexibility index (Phi) is 5.07. The molecule has 0 unspecified atom stereocenters. The number of rotatable bonds is 6. The summed E-state index contributed by atoms with van der Waals surface area (Å²) in [5.74, 6) is -0.422. The van der Waals surface area contributed by atoms with Gasteiger partial charge < -0.3 is 15.7 Å². The van der Waals surface area contributed by atoms with Gasteiger partial charge in [-0.3, -0.25) is 4.79 Å². The van der Waals surface area contributed by atoms with Crippen molar-refractivity contribution in [1.29, 1.82) is 0 Å². The predicted molar refractivity (Wildman–Crippen MR) is 72.2 cm³/mol. The Hall–Kier alpha value is -2.19. The van der Waals surface area contributed by atoms with Gasteiger partial charge in [0.1, 0.15) is 0 Å². The van der Waals surface area contributed by atoms with Gasteiger partial charge in [0.05, 0.1) is 13.0 Å². The molecule has 2 rings (SSSR count). The smallest absolute Gasteiger partial charge is 0.315 e. The summed E-state index contributed by atoms with van der Waals surface area (Å²) in [6, 6.07) is -0.352. The molecule has 116 valence electrons. The SMILES string of the molecule is O=C(O)CC1(CNC(=O)NCc2nn[nH]n2)CCCCC1. The van der Waals surface area contributed by atoms with Crippen molar-refractivity contribution in [2.45, 2.75) is 45.1 Å². The maximum atomic E-state index is 11.8. The zero-order chi connectivity index (χ0) is 15.1. The van der Waals surface area contributed by atoms with Crippen LogP contribution < -0.4 is 10.6 Å². The molecule has 9 nitrogen and oxygen atoms in total. The number of hydrogen-bond donors (Lipinski definition) is 4. The lowest BCUT2D eigenvalue weighted by Gasteiger charge is -2.36. The van der Waals surface area contributed by atoms with E-state index in [1.54, 1.807) is 0 Å². The molecule has 0 aliphatic heterocycles. The zero-order valence-corrected chi connectivity index (χ0v) is 11.8. The molecular formula is C12H20N6O3. The minimum atomic E-state index is -0.814. The van der Waals surface area contributed by atoms with Crippen LogP contribution in [0.15, 0.2) is 0 Å². The number of aromatic amines is 1.